The van der Waals surface area contributed by atoms with E-state index < -0.39 is 7.14 Å². The Hall–Kier alpha value is -3.41. The maximum Gasteiger partial charge on any atom is 0.172 e. The Morgan fingerprint density at radius 3 is 1.87 bits per heavy atom. The van der Waals surface area contributed by atoms with Crippen LogP contribution in [0.1, 0.15) is 0 Å². The molecule has 0 amide bonds. The van der Waals surface area contributed by atoms with E-state index in [0.29, 0.717) is 0 Å². The predicted octanol–water partition coefficient (Wildman–Crippen LogP) is 6.13. The van der Waals surface area contributed by atoms with Gasteiger partial charge in [-0.2, -0.15) is 0 Å². The summed E-state index contributed by atoms with van der Waals surface area (Å²) in [6, 6.07) is 39.2. The average molecular weight is 402 g/mol. The van der Waals surface area contributed by atoms with Crippen molar-refractivity contribution in [2.24, 2.45) is 0 Å². The molecular formula is C28H19OP. The van der Waals surface area contributed by atoms with Gasteiger partial charge >= 0.3 is 0 Å². The van der Waals surface area contributed by atoms with Crippen molar-refractivity contribution < 1.29 is 4.57 Å². The molecule has 0 radical (unpaired) electrons. The van der Waals surface area contributed by atoms with Gasteiger partial charge in [-0.1, -0.05) is 115 Å². The van der Waals surface area contributed by atoms with Crippen molar-refractivity contribution in [1.82, 2.24) is 0 Å². The molecular weight excluding hydrogens is 383 g/mol. The molecule has 0 N–H and O–H groups in total. The van der Waals surface area contributed by atoms with E-state index in [1.54, 1.807) is 0 Å². The Bertz CT molecular complexity index is 1470. The maximum atomic E-state index is 15.1. The minimum atomic E-state index is -3.05. The lowest BCUT2D eigenvalue weighted by Crippen LogP contribution is -2.26. The van der Waals surface area contributed by atoms with E-state index in [2.05, 4.69) is 60.7 Å². The fourth-order valence-electron chi connectivity index (χ4n) is 4.77. The van der Waals surface area contributed by atoms with Crippen molar-refractivity contribution in [2.45, 2.75) is 0 Å². The monoisotopic (exact) mass is 402 g/mol. The van der Waals surface area contributed by atoms with Crippen LogP contribution in [0.25, 0.3) is 33.0 Å². The molecule has 1 aliphatic heterocycles. The number of fused-ring (bicyclic) bond motifs is 7. The van der Waals surface area contributed by atoms with Crippen LogP contribution in [-0.4, -0.2) is 0 Å². The molecule has 0 bridgehead atoms. The molecule has 1 atom stereocenters. The highest BCUT2D eigenvalue weighted by Crippen LogP contribution is 2.52. The largest absolute Gasteiger partial charge is 0.309 e. The second kappa shape index (κ2) is 6.55. The van der Waals surface area contributed by atoms with E-state index in [-0.39, 0.29) is 0 Å². The van der Waals surface area contributed by atoms with Crippen LogP contribution in [0.3, 0.4) is 0 Å². The molecule has 0 saturated heterocycles. The van der Waals surface area contributed by atoms with Crippen LogP contribution in [0.5, 0.6) is 0 Å². The zero-order valence-electron chi connectivity index (χ0n) is 16.3. The van der Waals surface area contributed by atoms with Crippen molar-refractivity contribution in [1.29, 1.82) is 0 Å². The van der Waals surface area contributed by atoms with Crippen molar-refractivity contribution in [3.8, 4) is 22.3 Å². The first-order valence-electron chi connectivity index (χ1n) is 10.2. The third kappa shape index (κ3) is 2.33. The lowest BCUT2D eigenvalue weighted by molar-refractivity contribution is 0.592. The smallest absolute Gasteiger partial charge is 0.172 e. The van der Waals surface area contributed by atoms with E-state index >= 15 is 4.57 Å². The highest BCUT2D eigenvalue weighted by atomic mass is 31.2. The average Bonchev–Trinajstić information content (AvgIpc) is 2.92. The normalized spacial score (nSPS) is 16.9. The lowest BCUT2D eigenvalue weighted by Gasteiger charge is -2.22. The van der Waals surface area contributed by atoms with Gasteiger partial charge in [0.1, 0.15) is 0 Å². The van der Waals surface area contributed by atoms with Crippen molar-refractivity contribution in [3.63, 3.8) is 0 Å². The number of benzene rings is 5. The summed E-state index contributed by atoms with van der Waals surface area (Å²) < 4.78 is 15.1. The highest BCUT2D eigenvalue weighted by Gasteiger charge is 2.37. The fraction of sp³-hybridized carbons (Fsp3) is 0. The Kier molecular flexibility index (Phi) is 3.81. The second-order valence-electron chi connectivity index (χ2n) is 7.69. The summed E-state index contributed by atoms with van der Waals surface area (Å²) in [4.78, 5) is 0. The van der Waals surface area contributed by atoms with Crippen LogP contribution in [-0.2, 0) is 4.57 Å². The summed E-state index contributed by atoms with van der Waals surface area (Å²) >= 11 is 0. The standard InChI is InChI=1S/C28H19OP/c29-30(21-11-2-1-3-12-21)26-16-8-6-14-23(26)24-19-18-20-10-4-5-13-22(20)28(24)25-15-7-9-17-27(25)30/h1-19H. The Morgan fingerprint density at radius 1 is 0.467 bits per heavy atom. The molecule has 0 saturated carbocycles. The van der Waals surface area contributed by atoms with Crippen LogP contribution in [0.2, 0.25) is 0 Å². The molecule has 142 valence electrons. The first kappa shape index (κ1) is 17.4. The van der Waals surface area contributed by atoms with Gasteiger partial charge in [-0.05, 0) is 33.0 Å². The highest BCUT2D eigenvalue weighted by molar-refractivity contribution is 7.85. The van der Waals surface area contributed by atoms with Gasteiger partial charge in [-0.15, -0.1) is 0 Å². The van der Waals surface area contributed by atoms with Crippen molar-refractivity contribution >= 4 is 33.8 Å². The number of hydrogen-bond acceptors (Lipinski definition) is 1. The Morgan fingerprint density at radius 2 is 1.07 bits per heavy atom. The van der Waals surface area contributed by atoms with Gasteiger partial charge in [0.05, 0.1) is 0 Å². The predicted molar refractivity (Wildman–Crippen MR) is 128 cm³/mol. The minimum Gasteiger partial charge on any atom is -0.309 e. The second-order valence-corrected chi connectivity index (χ2v) is 10.4. The molecule has 0 aromatic heterocycles. The third-order valence-corrected chi connectivity index (χ3v) is 9.26. The number of hydrogen-bond donors (Lipinski definition) is 0. The molecule has 1 aliphatic rings. The van der Waals surface area contributed by atoms with Gasteiger partial charge in [0.15, 0.2) is 7.14 Å². The van der Waals surface area contributed by atoms with E-state index in [1.165, 1.54) is 16.3 Å². The summed E-state index contributed by atoms with van der Waals surface area (Å²) in [5, 5.41) is 5.09. The van der Waals surface area contributed by atoms with E-state index in [0.717, 1.165) is 32.6 Å². The van der Waals surface area contributed by atoms with Crippen LogP contribution in [0.15, 0.2) is 115 Å². The molecule has 0 spiro atoms. The van der Waals surface area contributed by atoms with E-state index in [9.17, 15) is 0 Å². The zero-order valence-corrected chi connectivity index (χ0v) is 17.2. The van der Waals surface area contributed by atoms with Crippen LogP contribution in [0.4, 0.5) is 0 Å². The Labute approximate surface area is 176 Å². The van der Waals surface area contributed by atoms with Crippen LogP contribution >= 0.6 is 7.14 Å². The molecule has 1 nitrogen and oxygen atoms in total. The summed E-state index contributed by atoms with van der Waals surface area (Å²) in [6.45, 7) is 0. The van der Waals surface area contributed by atoms with Gasteiger partial charge in [0.2, 0.25) is 0 Å². The quantitative estimate of drug-likeness (QED) is 0.303. The van der Waals surface area contributed by atoms with Crippen LogP contribution < -0.4 is 15.9 Å². The SMILES string of the molecule is O=P1(c2ccccc2)c2ccccc2-c2ccc3ccccc3c2-c2ccccc21. The molecule has 1 unspecified atom stereocenters. The molecule has 1 heterocycles. The molecule has 30 heavy (non-hydrogen) atoms. The summed E-state index contributed by atoms with van der Waals surface area (Å²) in [7, 11) is -3.05. The van der Waals surface area contributed by atoms with Crippen molar-refractivity contribution in [2.75, 3.05) is 0 Å². The topological polar surface area (TPSA) is 17.1 Å². The summed E-state index contributed by atoms with van der Waals surface area (Å²) in [5.41, 5.74) is 4.43. The van der Waals surface area contributed by atoms with Gasteiger partial charge in [0, 0.05) is 15.9 Å². The molecule has 0 aliphatic carbocycles. The zero-order chi connectivity index (χ0) is 20.1. The van der Waals surface area contributed by atoms with E-state index in [1.807, 2.05) is 54.6 Å². The molecule has 5 aromatic carbocycles. The third-order valence-electron chi connectivity index (χ3n) is 6.09. The minimum absolute atomic E-state index is 0.877. The van der Waals surface area contributed by atoms with Crippen molar-refractivity contribution in [3.05, 3.63) is 115 Å². The molecule has 5 aromatic rings. The van der Waals surface area contributed by atoms with E-state index in [4.69, 9.17) is 0 Å². The lowest BCUT2D eigenvalue weighted by atomic mass is 9.90. The number of rotatable bonds is 1. The van der Waals surface area contributed by atoms with Gasteiger partial charge in [-0.25, -0.2) is 0 Å². The molecule has 0 fully saturated rings. The Balaban J connectivity index is 1.87. The van der Waals surface area contributed by atoms with Gasteiger partial charge < -0.3 is 4.57 Å². The molecule has 2 heteroatoms. The summed E-state index contributed by atoms with van der Waals surface area (Å²) in [5.74, 6) is 0. The van der Waals surface area contributed by atoms with Gasteiger partial charge in [0.25, 0.3) is 0 Å². The maximum absolute atomic E-state index is 15.1. The first-order valence-corrected chi connectivity index (χ1v) is 11.9. The fourth-order valence-corrected chi connectivity index (χ4v) is 7.83. The molecule has 6 rings (SSSR count). The first-order chi connectivity index (χ1) is 14.8. The van der Waals surface area contributed by atoms with Crippen LogP contribution in [0, 0.1) is 0 Å². The van der Waals surface area contributed by atoms with Gasteiger partial charge in [-0.3, -0.25) is 0 Å². The summed E-state index contributed by atoms with van der Waals surface area (Å²) in [6.07, 6.45) is 0.